The lowest BCUT2D eigenvalue weighted by Gasteiger charge is -2.41. The van der Waals surface area contributed by atoms with Crippen LogP contribution in [-0.4, -0.2) is 33.7 Å². The van der Waals surface area contributed by atoms with E-state index in [2.05, 4.69) is 13.8 Å². The zero-order chi connectivity index (χ0) is 32.3. The van der Waals surface area contributed by atoms with Crippen molar-refractivity contribution in [1.82, 2.24) is 0 Å². The van der Waals surface area contributed by atoms with Crippen LogP contribution in [0, 0.1) is 23.7 Å². The highest BCUT2D eigenvalue weighted by molar-refractivity contribution is 6.30. The summed E-state index contributed by atoms with van der Waals surface area (Å²) in [6, 6.07) is 9.15. The van der Waals surface area contributed by atoms with Crippen molar-refractivity contribution in [1.29, 1.82) is 0 Å². The number of esters is 1. The minimum absolute atomic E-state index is 0.0191. The van der Waals surface area contributed by atoms with Gasteiger partial charge in [0.15, 0.2) is 11.6 Å². The number of benzene rings is 2. The Bertz CT molecular complexity index is 1350. The molecule has 1 fully saturated rings. The first kappa shape index (κ1) is 34.4. The van der Waals surface area contributed by atoms with Crippen molar-refractivity contribution in [3.05, 3.63) is 58.7 Å². The normalized spacial score (nSPS) is 20.8. The van der Waals surface area contributed by atoms with Gasteiger partial charge in [0.2, 0.25) is 0 Å². The lowest BCUT2D eigenvalue weighted by atomic mass is 9.65. The molecule has 2 aliphatic rings. The van der Waals surface area contributed by atoms with Gasteiger partial charge in [0.05, 0.1) is 11.1 Å². The Morgan fingerprint density at radius 1 is 0.733 bits per heavy atom. The molecular formula is C38H50O7. The van der Waals surface area contributed by atoms with Gasteiger partial charge in [-0.3, -0.25) is 19.2 Å². The van der Waals surface area contributed by atoms with Crippen LogP contribution in [0.4, 0.5) is 0 Å². The average Bonchev–Trinajstić information content (AvgIpc) is 3.01. The second-order valence-corrected chi connectivity index (χ2v) is 13.4. The minimum atomic E-state index is -0.692. The molecule has 4 atom stereocenters. The van der Waals surface area contributed by atoms with Crippen LogP contribution in [0.25, 0.3) is 0 Å². The molecule has 7 nitrogen and oxygen atoms in total. The fourth-order valence-corrected chi connectivity index (χ4v) is 7.60. The Morgan fingerprint density at radius 2 is 1.31 bits per heavy atom. The molecule has 0 aliphatic heterocycles. The number of carbonyl (C=O) groups is 4. The molecule has 0 radical (unpaired) electrons. The van der Waals surface area contributed by atoms with Gasteiger partial charge in [0, 0.05) is 24.0 Å². The molecule has 7 heteroatoms. The Hall–Kier alpha value is -3.48. The zero-order valence-corrected chi connectivity index (χ0v) is 27.0. The van der Waals surface area contributed by atoms with E-state index < -0.39 is 23.5 Å². The number of carbonyl (C=O) groups excluding carboxylic acids is 3. The van der Waals surface area contributed by atoms with Gasteiger partial charge < -0.3 is 14.9 Å². The van der Waals surface area contributed by atoms with Crippen LogP contribution in [-0.2, 0) is 9.59 Å². The highest BCUT2D eigenvalue weighted by Crippen LogP contribution is 2.43. The van der Waals surface area contributed by atoms with Gasteiger partial charge in [-0.05, 0) is 61.5 Å². The maximum absolute atomic E-state index is 13.2. The van der Waals surface area contributed by atoms with E-state index in [9.17, 15) is 24.3 Å². The molecule has 2 aliphatic carbocycles. The monoisotopic (exact) mass is 618 g/mol. The maximum Gasteiger partial charge on any atom is 0.311 e. The lowest BCUT2D eigenvalue weighted by molar-refractivity contribution is -0.137. The third-order valence-electron chi connectivity index (χ3n) is 10.3. The van der Waals surface area contributed by atoms with Gasteiger partial charge in [0.1, 0.15) is 11.5 Å². The fraction of sp³-hybridized carbons (Fsp3) is 0.579. The predicted molar refractivity (Wildman–Crippen MR) is 174 cm³/mol. The summed E-state index contributed by atoms with van der Waals surface area (Å²) in [6.45, 7) is 4.87. The van der Waals surface area contributed by atoms with Crippen molar-refractivity contribution in [2.75, 3.05) is 0 Å². The largest absolute Gasteiger partial charge is 0.507 e. The molecule has 4 unspecified atom stereocenters. The number of carboxylic acids is 1. The molecule has 2 N–H and O–H groups in total. The minimum Gasteiger partial charge on any atom is -0.507 e. The molecule has 0 bridgehead atoms. The summed E-state index contributed by atoms with van der Waals surface area (Å²) >= 11 is 0. The van der Waals surface area contributed by atoms with Crippen LogP contribution in [0.2, 0.25) is 0 Å². The summed E-state index contributed by atoms with van der Waals surface area (Å²) in [5, 5.41) is 19.1. The van der Waals surface area contributed by atoms with E-state index in [1.54, 1.807) is 24.3 Å². The van der Waals surface area contributed by atoms with Gasteiger partial charge in [-0.15, -0.1) is 0 Å². The van der Waals surface area contributed by atoms with Gasteiger partial charge >= 0.3 is 11.9 Å². The summed E-state index contributed by atoms with van der Waals surface area (Å²) < 4.78 is 5.56. The van der Waals surface area contributed by atoms with Crippen LogP contribution in [0.5, 0.6) is 11.5 Å². The van der Waals surface area contributed by atoms with E-state index >= 15 is 0 Å². The van der Waals surface area contributed by atoms with Crippen molar-refractivity contribution in [2.24, 2.45) is 23.7 Å². The smallest absolute Gasteiger partial charge is 0.311 e. The van der Waals surface area contributed by atoms with Crippen LogP contribution in [0.1, 0.15) is 148 Å². The van der Waals surface area contributed by atoms with Crippen molar-refractivity contribution in [3.63, 3.8) is 0 Å². The number of hydrogen-bond donors (Lipinski definition) is 2. The number of ether oxygens (including phenoxy) is 1. The first-order chi connectivity index (χ1) is 21.7. The number of phenols is 1. The Morgan fingerprint density at radius 3 is 1.98 bits per heavy atom. The van der Waals surface area contributed by atoms with Crippen LogP contribution < -0.4 is 4.74 Å². The number of phenolic OH excluding ortho intramolecular Hbond substituents is 1. The molecule has 0 aromatic heterocycles. The summed E-state index contributed by atoms with van der Waals surface area (Å²) in [5.74, 6) is 0.799. The molecule has 45 heavy (non-hydrogen) atoms. The fourth-order valence-electron chi connectivity index (χ4n) is 7.60. The third-order valence-corrected chi connectivity index (χ3v) is 10.3. The zero-order valence-electron chi connectivity index (χ0n) is 27.0. The van der Waals surface area contributed by atoms with Crippen molar-refractivity contribution < 1.29 is 34.1 Å². The number of rotatable bonds is 17. The number of unbranched alkanes of at least 4 members (excludes halogenated alkanes) is 8. The molecule has 0 heterocycles. The van der Waals surface area contributed by atoms with Crippen molar-refractivity contribution >= 4 is 23.5 Å². The van der Waals surface area contributed by atoms with Gasteiger partial charge in [-0.25, -0.2) is 0 Å². The summed E-state index contributed by atoms with van der Waals surface area (Å²) in [5.41, 5.74) is 0.322. The van der Waals surface area contributed by atoms with Crippen LogP contribution >= 0.6 is 0 Å². The molecular weight excluding hydrogens is 568 g/mol. The Balaban J connectivity index is 1.13. The molecule has 0 saturated heterocycles. The summed E-state index contributed by atoms with van der Waals surface area (Å²) in [4.78, 5) is 49.5. The summed E-state index contributed by atoms with van der Waals surface area (Å²) in [7, 11) is 0. The predicted octanol–water partition coefficient (Wildman–Crippen LogP) is 8.92. The molecule has 4 rings (SSSR count). The number of ketones is 2. The van der Waals surface area contributed by atoms with E-state index in [1.165, 1.54) is 57.1 Å². The number of aromatic hydroxyl groups is 1. The second kappa shape index (κ2) is 16.7. The van der Waals surface area contributed by atoms with Crippen molar-refractivity contribution in [3.8, 4) is 11.5 Å². The highest BCUT2D eigenvalue weighted by Gasteiger charge is 2.35. The van der Waals surface area contributed by atoms with E-state index in [0.717, 1.165) is 62.2 Å². The van der Waals surface area contributed by atoms with Crippen LogP contribution in [0.15, 0.2) is 36.4 Å². The number of aliphatic carboxylic acids is 1. The van der Waals surface area contributed by atoms with E-state index in [0.29, 0.717) is 6.42 Å². The molecule has 2 aromatic carbocycles. The maximum atomic E-state index is 13.2. The standard InChI is InChI=1S/C38H50O7/c1-25-21-22-27(26(2)28(25)16-10-6-4-7-11-19-33(40)41)15-9-5-3-8-12-20-34(42)45-32-24-23-31(39)35-36(32)38(44)30-18-14-13-17-29(30)37(35)43/h13-14,17-18,23-28,39H,3-12,15-16,19-22H2,1-2H3,(H,40,41). The number of hydrogen-bond acceptors (Lipinski definition) is 6. The van der Waals surface area contributed by atoms with Crippen LogP contribution in [0.3, 0.4) is 0 Å². The number of fused-ring (bicyclic) bond motifs is 2. The first-order valence-corrected chi connectivity index (χ1v) is 17.2. The lowest BCUT2D eigenvalue weighted by Crippen LogP contribution is -2.31. The first-order valence-electron chi connectivity index (χ1n) is 17.2. The topological polar surface area (TPSA) is 118 Å². The Labute approximate surface area is 267 Å². The molecule has 244 valence electrons. The average molecular weight is 619 g/mol. The van der Waals surface area contributed by atoms with Gasteiger partial charge in [0.25, 0.3) is 0 Å². The Kier molecular flexibility index (Phi) is 12.8. The third kappa shape index (κ3) is 9.05. The second-order valence-electron chi connectivity index (χ2n) is 13.4. The van der Waals surface area contributed by atoms with E-state index in [4.69, 9.17) is 9.84 Å². The van der Waals surface area contributed by atoms with E-state index in [1.807, 2.05) is 0 Å². The SMILES string of the molecule is CC1CCC(CCCCCCCC(=O)Oc2ccc(O)c3c2C(=O)c2ccccc2C3=O)C(C)C1CCCCCCCC(=O)O. The molecule has 2 aromatic rings. The highest BCUT2D eigenvalue weighted by atomic mass is 16.5. The van der Waals surface area contributed by atoms with E-state index in [-0.39, 0.29) is 46.6 Å². The molecule has 0 spiro atoms. The quantitative estimate of drug-likeness (QED) is 0.0881. The molecule has 1 saturated carbocycles. The van der Waals surface area contributed by atoms with Crippen molar-refractivity contribution in [2.45, 2.75) is 117 Å². The number of carboxylic acid groups (broad SMARTS) is 1. The molecule has 0 amide bonds. The van der Waals surface area contributed by atoms with Gasteiger partial charge in [-0.2, -0.15) is 0 Å². The van der Waals surface area contributed by atoms with Gasteiger partial charge in [-0.1, -0.05) is 102 Å². The summed E-state index contributed by atoms with van der Waals surface area (Å²) in [6.07, 6.45) is 16.2.